The van der Waals surface area contributed by atoms with Crippen LogP contribution in [0.3, 0.4) is 0 Å². The van der Waals surface area contributed by atoms with Gasteiger partial charge in [-0.1, -0.05) is 0 Å². The fraction of sp³-hybridized carbons (Fsp3) is 0.357. The molecule has 0 saturated carbocycles. The maximum absolute atomic E-state index is 13.2. The third-order valence-corrected chi connectivity index (χ3v) is 3.61. The predicted octanol–water partition coefficient (Wildman–Crippen LogP) is 0.466. The van der Waals surface area contributed by atoms with E-state index in [2.05, 4.69) is 5.32 Å². The van der Waals surface area contributed by atoms with Crippen LogP contribution in [0, 0.1) is 5.82 Å². The number of nitrogens with one attached hydrogen (secondary N) is 1. The number of hydrogen-bond acceptors (Lipinski definition) is 4. The Kier molecular flexibility index (Phi) is 3.32. The van der Waals surface area contributed by atoms with Crippen LogP contribution in [-0.2, 0) is 9.59 Å². The van der Waals surface area contributed by atoms with Gasteiger partial charge in [-0.2, -0.15) is 0 Å². The van der Waals surface area contributed by atoms with Gasteiger partial charge in [-0.3, -0.25) is 19.7 Å². The number of carbonyl (C=O) groups excluding carboxylic acids is 3. The summed E-state index contributed by atoms with van der Waals surface area (Å²) in [6.07, 6.45) is 0.476. The lowest BCUT2D eigenvalue weighted by molar-refractivity contribution is -0.136. The summed E-state index contributed by atoms with van der Waals surface area (Å²) in [7, 11) is 0. The van der Waals surface area contributed by atoms with E-state index in [1.54, 1.807) is 0 Å². The molecule has 6 nitrogen and oxygen atoms in total. The lowest BCUT2D eigenvalue weighted by Gasteiger charge is -2.31. The van der Waals surface area contributed by atoms with Crippen LogP contribution in [0.25, 0.3) is 0 Å². The number of hydrogen-bond donors (Lipinski definition) is 1. The quantitative estimate of drug-likeness (QED) is 0.763. The Morgan fingerprint density at radius 3 is 2.86 bits per heavy atom. The van der Waals surface area contributed by atoms with Crippen LogP contribution in [-0.4, -0.2) is 41.8 Å². The number of rotatable bonds is 1. The first-order chi connectivity index (χ1) is 10.1. The molecule has 3 amide bonds. The predicted molar refractivity (Wildman–Crippen MR) is 69.1 cm³/mol. The molecule has 1 saturated heterocycles. The van der Waals surface area contributed by atoms with E-state index < -0.39 is 23.7 Å². The minimum absolute atomic E-state index is 0.167. The summed E-state index contributed by atoms with van der Waals surface area (Å²) < 4.78 is 18.6. The van der Waals surface area contributed by atoms with E-state index in [0.29, 0.717) is 0 Å². The summed E-state index contributed by atoms with van der Waals surface area (Å²) in [6, 6.07) is 2.97. The van der Waals surface area contributed by atoms with Crippen molar-refractivity contribution in [2.45, 2.75) is 18.9 Å². The van der Waals surface area contributed by atoms with Crippen LogP contribution in [0.5, 0.6) is 5.75 Å². The number of amides is 3. The van der Waals surface area contributed by atoms with Gasteiger partial charge in [0.15, 0.2) is 0 Å². The lowest BCUT2D eigenvalue weighted by atomic mass is 10.0. The minimum atomic E-state index is -0.699. The first-order valence-electron chi connectivity index (χ1n) is 6.63. The third kappa shape index (κ3) is 2.46. The SMILES string of the molecule is O=C1CCC(N2CCOc3cc(F)ccc3C2=O)C(=O)N1. The van der Waals surface area contributed by atoms with Crippen LogP contribution in [0.15, 0.2) is 18.2 Å². The van der Waals surface area contributed by atoms with Crippen molar-refractivity contribution in [3.8, 4) is 5.75 Å². The van der Waals surface area contributed by atoms with Crippen molar-refractivity contribution in [1.29, 1.82) is 0 Å². The Balaban J connectivity index is 1.90. The molecule has 1 N–H and O–H groups in total. The van der Waals surface area contributed by atoms with E-state index in [4.69, 9.17) is 4.74 Å². The Morgan fingerprint density at radius 2 is 2.10 bits per heavy atom. The van der Waals surface area contributed by atoms with Gasteiger partial charge < -0.3 is 9.64 Å². The molecule has 2 aliphatic heterocycles. The Bertz CT molecular complexity index is 631. The number of piperidine rings is 1. The van der Waals surface area contributed by atoms with Gasteiger partial charge in [0.25, 0.3) is 5.91 Å². The first-order valence-corrected chi connectivity index (χ1v) is 6.63. The monoisotopic (exact) mass is 292 g/mol. The average molecular weight is 292 g/mol. The topological polar surface area (TPSA) is 75.7 Å². The molecule has 1 aromatic rings. The number of carbonyl (C=O) groups is 3. The van der Waals surface area contributed by atoms with Gasteiger partial charge in [-0.25, -0.2) is 4.39 Å². The van der Waals surface area contributed by atoms with Crippen molar-refractivity contribution in [2.24, 2.45) is 0 Å². The number of benzene rings is 1. The summed E-state index contributed by atoms with van der Waals surface area (Å²) >= 11 is 0. The molecule has 21 heavy (non-hydrogen) atoms. The first kappa shape index (κ1) is 13.5. The molecule has 3 rings (SSSR count). The summed E-state index contributed by atoms with van der Waals surface area (Å²) in [6.45, 7) is 0.376. The molecule has 110 valence electrons. The van der Waals surface area contributed by atoms with Gasteiger partial charge in [-0.15, -0.1) is 0 Å². The molecule has 1 aromatic carbocycles. The Hall–Kier alpha value is -2.44. The summed E-state index contributed by atoms with van der Waals surface area (Å²) in [4.78, 5) is 37.0. The fourth-order valence-electron chi connectivity index (χ4n) is 2.58. The van der Waals surface area contributed by atoms with Crippen LogP contribution in [0.1, 0.15) is 23.2 Å². The van der Waals surface area contributed by atoms with E-state index in [-0.39, 0.29) is 43.2 Å². The summed E-state index contributed by atoms with van der Waals surface area (Å²) in [5.74, 6) is -1.52. The number of fused-ring (bicyclic) bond motifs is 1. The Morgan fingerprint density at radius 1 is 1.29 bits per heavy atom. The molecule has 0 aliphatic carbocycles. The molecule has 0 spiro atoms. The van der Waals surface area contributed by atoms with Crippen molar-refractivity contribution >= 4 is 17.7 Å². The minimum Gasteiger partial charge on any atom is -0.491 e. The second kappa shape index (κ2) is 5.16. The highest BCUT2D eigenvalue weighted by atomic mass is 19.1. The van der Waals surface area contributed by atoms with E-state index in [9.17, 15) is 18.8 Å². The Labute approximate surface area is 119 Å². The van der Waals surface area contributed by atoms with E-state index >= 15 is 0 Å². The molecular formula is C14H13FN2O4. The lowest BCUT2D eigenvalue weighted by Crippen LogP contribution is -2.54. The van der Waals surface area contributed by atoms with Crippen molar-refractivity contribution in [1.82, 2.24) is 10.2 Å². The highest BCUT2D eigenvalue weighted by molar-refractivity contribution is 6.04. The van der Waals surface area contributed by atoms with Crippen LogP contribution < -0.4 is 10.1 Å². The van der Waals surface area contributed by atoms with Crippen LogP contribution in [0.2, 0.25) is 0 Å². The fourth-order valence-corrected chi connectivity index (χ4v) is 2.58. The molecule has 1 unspecified atom stereocenters. The van der Waals surface area contributed by atoms with Gasteiger partial charge in [-0.05, 0) is 18.6 Å². The number of ether oxygens (including phenoxy) is 1. The van der Waals surface area contributed by atoms with Gasteiger partial charge in [0.1, 0.15) is 24.2 Å². The number of nitrogens with zero attached hydrogens (tertiary/aromatic N) is 1. The van der Waals surface area contributed by atoms with Crippen molar-refractivity contribution in [2.75, 3.05) is 13.2 Å². The zero-order valence-electron chi connectivity index (χ0n) is 11.1. The second-order valence-corrected chi connectivity index (χ2v) is 4.95. The number of halogens is 1. The highest BCUT2D eigenvalue weighted by Gasteiger charge is 2.36. The van der Waals surface area contributed by atoms with Gasteiger partial charge >= 0.3 is 0 Å². The van der Waals surface area contributed by atoms with Crippen molar-refractivity contribution in [3.63, 3.8) is 0 Å². The summed E-state index contributed by atoms with van der Waals surface area (Å²) in [5.41, 5.74) is 0.221. The van der Waals surface area contributed by atoms with E-state index in [1.165, 1.54) is 17.0 Å². The van der Waals surface area contributed by atoms with E-state index in [1.807, 2.05) is 0 Å². The maximum Gasteiger partial charge on any atom is 0.258 e. The maximum atomic E-state index is 13.2. The molecule has 1 atom stereocenters. The molecule has 0 aromatic heterocycles. The second-order valence-electron chi connectivity index (χ2n) is 4.95. The number of imide groups is 1. The smallest absolute Gasteiger partial charge is 0.258 e. The molecule has 0 bridgehead atoms. The molecule has 2 heterocycles. The van der Waals surface area contributed by atoms with Crippen molar-refractivity contribution < 1.29 is 23.5 Å². The highest BCUT2D eigenvalue weighted by Crippen LogP contribution is 2.26. The van der Waals surface area contributed by atoms with E-state index in [0.717, 1.165) is 6.07 Å². The molecular weight excluding hydrogens is 279 g/mol. The van der Waals surface area contributed by atoms with Gasteiger partial charge in [0.2, 0.25) is 11.8 Å². The van der Waals surface area contributed by atoms with Gasteiger partial charge in [0.05, 0.1) is 12.1 Å². The normalized spacial score (nSPS) is 22.2. The molecule has 7 heteroatoms. The zero-order valence-corrected chi connectivity index (χ0v) is 11.1. The van der Waals surface area contributed by atoms with Crippen molar-refractivity contribution in [3.05, 3.63) is 29.6 Å². The largest absolute Gasteiger partial charge is 0.491 e. The summed E-state index contributed by atoms with van der Waals surface area (Å²) in [5, 5.41) is 2.23. The van der Waals surface area contributed by atoms with Crippen LogP contribution in [0.4, 0.5) is 4.39 Å². The molecule has 1 fully saturated rings. The zero-order chi connectivity index (χ0) is 15.0. The van der Waals surface area contributed by atoms with Crippen LogP contribution >= 0.6 is 0 Å². The standard InChI is InChI=1S/C14H13FN2O4/c15-8-1-2-9-11(7-8)21-6-5-17(14(9)20)10-3-4-12(18)16-13(10)19/h1-2,7,10H,3-6H2,(H,16,18,19). The molecule has 0 radical (unpaired) electrons. The van der Waals surface area contributed by atoms with Gasteiger partial charge in [0, 0.05) is 12.5 Å². The average Bonchev–Trinajstić information content (AvgIpc) is 2.58. The molecule has 2 aliphatic rings. The third-order valence-electron chi connectivity index (χ3n) is 3.61.